The molecule has 4 rings (SSSR count). The Morgan fingerprint density at radius 2 is 1.78 bits per heavy atom. The van der Waals surface area contributed by atoms with E-state index in [1.807, 2.05) is 31.2 Å². The zero-order valence-corrected chi connectivity index (χ0v) is 20.8. The Hall–Kier alpha value is -2.36. The molecule has 2 heterocycles. The largest absolute Gasteiger partial charge is 0.354 e. The first-order valence-corrected chi connectivity index (χ1v) is 13.5. The molecule has 2 aromatic rings. The molecule has 9 heteroatoms. The number of benzene rings is 2. The summed E-state index contributed by atoms with van der Waals surface area (Å²) in [6, 6.07) is 14.2. The second kappa shape index (κ2) is 8.53. The monoisotopic (exact) mass is 487 g/mol. The predicted octanol–water partition coefficient (Wildman–Crippen LogP) is 5.52. The third kappa shape index (κ3) is 4.69. The van der Waals surface area contributed by atoms with Gasteiger partial charge in [0, 0.05) is 0 Å². The molecular formula is C23H25N3O3S3. The number of hydrogen-bond donors (Lipinski definition) is 1. The smallest absolute Gasteiger partial charge is 0.261 e. The Balaban J connectivity index is 1.82. The molecule has 0 spiro atoms. The van der Waals surface area contributed by atoms with Gasteiger partial charge in [0.05, 0.1) is 19.3 Å². The van der Waals surface area contributed by atoms with Gasteiger partial charge in [-0.1, -0.05) is 50.6 Å². The summed E-state index contributed by atoms with van der Waals surface area (Å²) in [6.07, 6.45) is 0.978. The van der Waals surface area contributed by atoms with E-state index in [0.29, 0.717) is 11.2 Å². The molecule has 0 unspecified atom stereocenters. The van der Waals surface area contributed by atoms with E-state index in [-0.39, 0.29) is 16.1 Å². The summed E-state index contributed by atoms with van der Waals surface area (Å²) < 4.78 is 31.9. The van der Waals surface area contributed by atoms with E-state index >= 15 is 0 Å². The summed E-state index contributed by atoms with van der Waals surface area (Å²) in [5.74, 6) is 0.910. The zero-order valence-electron chi connectivity index (χ0n) is 18.4. The van der Waals surface area contributed by atoms with Gasteiger partial charge in [-0.05, 0) is 48.8 Å². The number of thioether (sulfide) groups is 1. The highest BCUT2D eigenvalue weighted by Crippen LogP contribution is 2.40. The van der Waals surface area contributed by atoms with E-state index in [2.05, 4.69) is 30.5 Å². The van der Waals surface area contributed by atoms with Crippen molar-refractivity contribution in [3.05, 3.63) is 64.6 Å². The van der Waals surface area contributed by atoms with E-state index in [1.165, 1.54) is 4.57 Å². The second-order valence-corrected chi connectivity index (χ2v) is 13.0. The fourth-order valence-corrected chi connectivity index (χ4v) is 7.09. The number of aromatic nitrogens is 2. The quantitative estimate of drug-likeness (QED) is 0.362. The first-order chi connectivity index (χ1) is 15.0. The predicted molar refractivity (Wildman–Crippen MR) is 133 cm³/mol. The lowest BCUT2D eigenvalue weighted by Crippen LogP contribution is -2.15. The molecule has 1 N–H and O–H groups in total. The lowest BCUT2D eigenvalue weighted by molar-refractivity contribution is 0.401. The molecule has 2 aliphatic heterocycles. The summed E-state index contributed by atoms with van der Waals surface area (Å²) in [5.41, 5.74) is 1.86. The van der Waals surface area contributed by atoms with Gasteiger partial charge < -0.3 is 0 Å². The van der Waals surface area contributed by atoms with Crippen LogP contribution in [-0.4, -0.2) is 23.7 Å². The van der Waals surface area contributed by atoms with E-state index in [1.54, 1.807) is 47.4 Å². The minimum Gasteiger partial charge on any atom is -0.261 e. The molecule has 168 valence electrons. The molecule has 0 bridgehead atoms. The van der Waals surface area contributed by atoms with Gasteiger partial charge in [0.25, 0.3) is 10.0 Å². The van der Waals surface area contributed by atoms with E-state index in [0.717, 1.165) is 26.6 Å². The number of nitrogens with one attached hydrogen (secondary N) is 1. The number of sulfonamides is 1. The van der Waals surface area contributed by atoms with Crippen LogP contribution in [0.25, 0.3) is 15.9 Å². The molecule has 32 heavy (non-hydrogen) atoms. The number of aryl methyl sites for hydroxylation is 1. The number of para-hydroxylation sites is 1. The fraction of sp³-hybridized carbons (Fsp3) is 0.304. The topological polar surface area (TPSA) is 81.1 Å². The Kier molecular flexibility index (Phi) is 6.08. The van der Waals surface area contributed by atoms with Crippen molar-refractivity contribution in [3.63, 3.8) is 0 Å². The minimum absolute atomic E-state index is 0.0656. The SMILES string of the molecule is Cc1ccc(S(=O)(=O)Nc2nc(=O)n3c4ccccc4sc(SCCC(C)(C)C)c2-3)cc1. The van der Waals surface area contributed by atoms with Crippen LogP contribution in [0.4, 0.5) is 5.82 Å². The van der Waals surface area contributed by atoms with Crippen molar-refractivity contribution in [2.45, 2.75) is 43.2 Å². The molecule has 0 saturated heterocycles. The van der Waals surface area contributed by atoms with Crippen LogP contribution in [0.5, 0.6) is 0 Å². The molecule has 0 atom stereocenters. The van der Waals surface area contributed by atoms with E-state index in [9.17, 15) is 13.2 Å². The molecule has 0 saturated carbocycles. The number of imidazole rings is 1. The molecular weight excluding hydrogens is 462 g/mol. The average Bonchev–Trinajstić information content (AvgIpc) is 3.03. The standard InChI is InChI=1S/C23H25N3O3S3/c1-15-9-11-16(12-10-15)32(28,29)25-20-19-21(30-14-13-23(2,3)4)31-18-8-6-5-7-17(18)26(19)22(27)24-20/h5-12H,13-14H2,1-4H3,(H,24,25,27). The number of nitrogens with zero attached hydrogens (tertiary/aromatic N) is 2. The minimum atomic E-state index is -3.89. The highest BCUT2D eigenvalue weighted by atomic mass is 32.2. The lowest BCUT2D eigenvalue weighted by atomic mass is 9.94. The van der Waals surface area contributed by atoms with Gasteiger partial charge in [-0.25, -0.2) is 13.2 Å². The van der Waals surface area contributed by atoms with Crippen LogP contribution >= 0.6 is 23.1 Å². The van der Waals surface area contributed by atoms with Gasteiger partial charge in [0.1, 0.15) is 5.69 Å². The van der Waals surface area contributed by atoms with Crippen LogP contribution < -0.4 is 10.4 Å². The Bertz CT molecular complexity index is 1400. The Labute approximate surface area is 196 Å². The Morgan fingerprint density at radius 3 is 2.47 bits per heavy atom. The molecule has 0 amide bonds. The van der Waals surface area contributed by atoms with Crippen molar-refractivity contribution < 1.29 is 8.42 Å². The number of hydrogen-bond acceptors (Lipinski definition) is 6. The normalized spacial score (nSPS) is 12.5. The van der Waals surface area contributed by atoms with Gasteiger partial charge in [-0.15, -0.1) is 23.1 Å². The molecule has 0 aliphatic carbocycles. The maximum absolute atomic E-state index is 13.0. The molecule has 0 radical (unpaired) electrons. The number of fused-ring (bicyclic) bond motifs is 3. The second-order valence-electron chi connectivity index (χ2n) is 8.86. The first kappa shape index (κ1) is 22.8. The first-order valence-electron chi connectivity index (χ1n) is 10.2. The van der Waals surface area contributed by atoms with Crippen molar-refractivity contribution in [3.8, 4) is 5.69 Å². The molecule has 6 nitrogen and oxygen atoms in total. The van der Waals surface area contributed by atoms with Crippen LogP contribution in [0.2, 0.25) is 0 Å². The van der Waals surface area contributed by atoms with Crippen molar-refractivity contribution in [1.82, 2.24) is 9.55 Å². The van der Waals surface area contributed by atoms with Gasteiger partial charge in [0.15, 0.2) is 5.82 Å². The third-order valence-corrected chi connectivity index (χ3v) is 8.76. The molecule has 0 aromatic heterocycles. The lowest BCUT2D eigenvalue weighted by Gasteiger charge is -2.18. The molecule has 0 fully saturated rings. The van der Waals surface area contributed by atoms with Crippen LogP contribution in [0.3, 0.4) is 0 Å². The summed E-state index contributed by atoms with van der Waals surface area (Å²) in [6.45, 7) is 8.44. The van der Waals surface area contributed by atoms with Crippen LogP contribution in [0.15, 0.2) is 62.4 Å². The van der Waals surface area contributed by atoms with Crippen LogP contribution in [-0.2, 0) is 10.0 Å². The highest BCUT2D eigenvalue weighted by Gasteiger charge is 2.26. The third-order valence-electron chi connectivity index (χ3n) is 5.00. The van der Waals surface area contributed by atoms with Gasteiger partial charge in [0.2, 0.25) is 0 Å². The average molecular weight is 488 g/mol. The van der Waals surface area contributed by atoms with Crippen molar-refractivity contribution in [2.75, 3.05) is 10.5 Å². The fourth-order valence-electron chi connectivity index (χ4n) is 3.21. The zero-order chi connectivity index (χ0) is 23.1. The van der Waals surface area contributed by atoms with Gasteiger partial charge in [-0.3, -0.25) is 9.29 Å². The van der Waals surface area contributed by atoms with Gasteiger partial charge in [-0.2, -0.15) is 4.98 Å². The number of anilines is 1. The summed E-state index contributed by atoms with van der Waals surface area (Å²) in [5, 5.41) is 0. The van der Waals surface area contributed by atoms with Crippen LogP contribution in [0, 0.1) is 12.3 Å². The maximum Gasteiger partial charge on any atom is 0.354 e. The van der Waals surface area contributed by atoms with Crippen LogP contribution in [0.1, 0.15) is 32.8 Å². The number of rotatable bonds is 6. The maximum atomic E-state index is 13.0. The highest BCUT2D eigenvalue weighted by molar-refractivity contribution is 8.01. The van der Waals surface area contributed by atoms with Gasteiger partial charge >= 0.3 is 5.69 Å². The van der Waals surface area contributed by atoms with E-state index < -0.39 is 15.7 Å². The molecule has 2 aromatic carbocycles. The summed E-state index contributed by atoms with van der Waals surface area (Å²) >= 11 is 3.17. The summed E-state index contributed by atoms with van der Waals surface area (Å²) in [4.78, 5) is 17.1. The van der Waals surface area contributed by atoms with E-state index in [4.69, 9.17) is 0 Å². The van der Waals surface area contributed by atoms with Crippen molar-refractivity contribution >= 4 is 49.2 Å². The molecule has 2 aliphatic rings. The van der Waals surface area contributed by atoms with Crippen molar-refractivity contribution in [1.29, 1.82) is 0 Å². The Morgan fingerprint density at radius 1 is 1.09 bits per heavy atom. The summed E-state index contributed by atoms with van der Waals surface area (Å²) in [7, 11) is -3.89. The van der Waals surface area contributed by atoms with Crippen molar-refractivity contribution in [2.24, 2.45) is 5.41 Å².